The zero-order valence-electron chi connectivity index (χ0n) is 11.8. The summed E-state index contributed by atoms with van der Waals surface area (Å²) in [5.74, 6) is -0.438. The Hall–Kier alpha value is -2.18. The van der Waals surface area contributed by atoms with E-state index in [9.17, 15) is 13.2 Å². The standard InChI is InChI=1S/C16H16O5S/c17-16(14-8-3-1-4-9-14)20-12-7-13-21-22(18,19)15-10-5-2-6-11-15/h1-6,8-11H,7,12-13H2. The first-order valence-corrected chi connectivity index (χ1v) is 8.17. The van der Waals surface area contributed by atoms with Gasteiger partial charge in [-0.05, 0) is 24.3 Å². The number of ether oxygens (including phenoxy) is 1. The van der Waals surface area contributed by atoms with Crippen LogP contribution in [0.5, 0.6) is 0 Å². The summed E-state index contributed by atoms with van der Waals surface area (Å²) >= 11 is 0. The molecule has 0 aliphatic carbocycles. The zero-order valence-corrected chi connectivity index (χ0v) is 12.7. The summed E-state index contributed by atoms with van der Waals surface area (Å²) in [5.41, 5.74) is 0.459. The summed E-state index contributed by atoms with van der Waals surface area (Å²) in [6.45, 7) is 0.0529. The van der Waals surface area contributed by atoms with E-state index in [1.807, 2.05) is 0 Å². The average molecular weight is 320 g/mol. The molecule has 5 nitrogen and oxygen atoms in total. The molecule has 6 heteroatoms. The fourth-order valence-corrected chi connectivity index (χ4v) is 2.67. The van der Waals surface area contributed by atoms with E-state index in [0.717, 1.165) is 0 Å². The maximum absolute atomic E-state index is 11.8. The molecule has 0 unspecified atom stereocenters. The summed E-state index contributed by atoms with van der Waals surface area (Å²) in [7, 11) is -3.75. The van der Waals surface area contributed by atoms with Crippen molar-refractivity contribution in [2.45, 2.75) is 11.3 Å². The first-order chi connectivity index (χ1) is 10.6. The van der Waals surface area contributed by atoms with Crippen molar-refractivity contribution in [1.29, 1.82) is 0 Å². The van der Waals surface area contributed by atoms with Crippen LogP contribution in [0.2, 0.25) is 0 Å². The second-order valence-electron chi connectivity index (χ2n) is 4.44. The maximum Gasteiger partial charge on any atom is 0.338 e. The lowest BCUT2D eigenvalue weighted by molar-refractivity contribution is 0.0487. The summed E-state index contributed by atoms with van der Waals surface area (Å²) in [4.78, 5) is 11.8. The molecule has 0 bridgehead atoms. The van der Waals surface area contributed by atoms with Crippen LogP contribution in [0.25, 0.3) is 0 Å². The Morgan fingerprint density at radius 2 is 1.45 bits per heavy atom. The number of benzene rings is 2. The Morgan fingerprint density at radius 1 is 0.864 bits per heavy atom. The largest absolute Gasteiger partial charge is 0.462 e. The summed E-state index contributed by atoms with van der Waals surface area (Å²) in [6.07, 6.45) is 0.296. The minimum Gasteiger partial charge on any atom is -0.462 e. The molecule has 0 saturated carbocycles. The molecule has 0 amide bonds. The quantitative estimate of drug-likeness (QED) is 0.445. The van der Waals surface area contributed by atoms with E-state index in [4.69, 9.17) is 8.92 Å². The molecule has 116 valence electrons. The lowest BCUT2D eigenvalue weighted by Crippen LogP contribution is -2.11. The van der Waals surface area contributed by atoms with Gasteiger partial charge in [-0.15, -0.1) is 0 Å². The van der Waals surface area contributed by atoms with Crippen LogP contribution in [0.15, 0.2) is 65.6 Å². The molecule has 0 aromatic heterocycles. The highest BCUT2D eigenvalue weighted by Crippen LogP contribution is 2.11. The zero-order chi connectivity index (χ0) is 15.8. The van der Waals surface area contributed by atoms with Crippen LogP contribution in [0, 0.1) is 0 Å². The van der Waals surface area contributed by atoms with E-state index < -0.39 is 16.1 Å². The van der Waals surface area contributed by atoms with Gasteiger partial charge in [0.25, 0.3) is 10.1 Å². The summed E-state index contributed by atoms with van der Waals surface area (Å²) in [5, 5.41) is 0. The molecule has 0 heterocycles. The number of carbonyl (C=O) groups is 1. The molecule has 0 saturated heterocycles. The van der Waals surface area contributed by atoms with E-state index in [0.29, 0.717) is 12.0 Å². The van der Waals surface area contributed by atoms with Crippen LogP contribution in [0.4, 0.5) is 0 Å². The number of hydrogen-bond donors (Lipinski definition) is 0. The minimum absolute atomic E-state index is 0.0424. The second kappa shape index (κ2) is 7.72. The highest BCUT2D eigenvalue weighted by atomic mass is 32.2. The highest BCUT2D eigenvalue weighted by Gasteiger charge is 2.14. The van der Waals surface area contributed by atoms with Crippen molar-refractivity contribution in [2.24, 2.45) is 0 Å². The maximum atomic E-state index is 11.8. The predicted octanol–water partition coefficient (Wildman–Crippen LogP) is 2.64. The van der Waals surface area contributed by atoms with Crippen molar-refractivity contribution >= 4 is 16.1 Å². The Morgan fingerprint density at radius 3 is 2.09 bits per heavy atom. The van der Waals surface area contributed by atoms with Gasteiger partial charge in [-0.3, -0.25) is 4.18 Å². The molecule has 0 aliphatic heterocycles. The van der Waals surface area contributed by atoms with E-state index >= 15 is 0 Å². The first-order valence-electron chi connectivity index (χ1n) is 6.76. The fraction of sp³-hybridized carbons (Fsp3) is 0.188. The lowest BCUT2D eigenvalue weighted by atomic mass is 10.2. The van der Waals surface area contributed by atoms with Gasteiger partial charge in [-0.2, -0.15) is 8.42 Å². The van der Waals surface area contributed by atoms with Gasteiger partial charge in [0.1, 0.15) is 0 Å². The Bertz CT molecular complexity index is 696. The highest BCUT2D eigenvalue weighted by molar-refractivity contribution is 7.86. The molecule has 0 fully saturated rings. The van der Waals surface area contributed by atoms with E-state index in [-0.39, 0.29) is 18.1 Å². The van der Waals surface area contributed by atoms with Crippen molar-refractivity contribution in [3.8, 4) is 0 Å². The SMILES string of the molecule is O=C(OCCCOS(=O)(=O)c1ccccc1)c1ccccc1. The van der Waals surface area contributed by atoms with Crippen molar-refractivity contribution in [1.82, 2.24) is 0 Å². The molecule has 0 atom stereocenters. The lowest BCUT2D eigenvalue weighted by Gasteiger charge is -2.06. The van der Waals surface area contributed by atoms with Gasteiger partial charge in [0.05, 0.1) is 23.7 Å². The van der Waals surface area contributed by atoms with Gasteiger partial charge in [0, 0.05) is 6.42 Å². The van der Waals surface area contributed by atoms with Gasteiger partial charge in [-0.25, -0.2) is 4.79 Å². The molecule has 0 aliphatic rings. The molecular formula is C16H16O5S. The molecule has 0 radical (unpaired) electrons. The van der Waals surface area contributed by atoms with Crippen LogP contribution >= 0.6 is 0 Å². The molecular weight excluding hydrogens is 304 g/mol. The molecule has 22 heavy (non-hydrogen) atoms. The molecule has 2 aromatic rings. The number of esters is 1. The van der Waals surface area contributed by atoms with Crippen molar-refractivity contribution in [2.75, 3.05) is 13.2 Å². The number of carbonyl (C=O) groups excluding carboxylic acids is 1. The van der Waals surface area contributed by atoms with Crippen LogP contribution in [-0.4, -0.2) is 27.6 Å². The Balaban J connectivity index is 1.73. The third kappa shape index (κ3) is 4.68. The predicted molar refractivity (Wildman–Crippen MR) is 80.9 cm³/mol. The van der Waals surface area contributed by atoms with E-state index in [2.05, 4.69) is 0 Å². The summed E-state index contributed by atoms with van der Waals surface area (Å²) < 4.78 is 33.6. The second-order valence-corrected chi connectivity index (χ2v) is 6.06. The molecule has 2 rings (SSSR count). The van der Waals surface area contributed by atoms with Crippen LogP contribution in [0.3, 0.4) is 0 Å². The third-order valence-corrected chi connectivity index (χ3v) is 4.13. The first kappa shape index (κ1) is 16.2. The van der Waals surface area contributed by atoms with Gasteiger partial charge in [-0.1, -0.05) is 36.4 Å². The van der Waals surface area contributed by atoms with E-state index in [1.54, 1.807) is 48.5 Å². The summed E-state index contributed by atoms with van der Waals surface area (Å²) in [6, 6.07) is 16.5. The normalized spacial score (nSPS) is 11.1. The van der Waals surface area contributed by atoms with Crippen molar-refractivity contribution < 1.29 is 22.1 Å². The average Bonchev–Trinajstić information content (AvgIpc) is 2.56. The number of rotatable bonds is 7. The fourth-order valence-electron chi connectivity index (χ4n) is 1.71. The van der Waals surface area contributed by atoms with Gasteiger partial charge in [0.2, 0.25) is 0 Å². The van der Waals surface area contributed by atoms with Crippen molar-refractivity contribution in [3.05, 3.63) is 66.2 Å². The molecule has 0 spiro atoms. The monoisotopic (exact) mass is 320 g/mol. The van der Waals surface area contributed by atoms with Gasteiger partial charge >= 0.3 is 5.97 Å². The van der Waals surface area contributed by atoms with Gasteiger partial charge < -0.3 is 4.74 Å². The third-order valence-electron chi connectivity index (χ3n) is 2.80. The topological polar surface area (TPSA) is 69.7 Å². The van der Waals surface area contributed by atoms with Crippen LogP contribution in [0.1, 0.15) is 16.8 Å². The molecule has 2 aromatic carbocycles. The molecule has 0 N–H and O–H groups in total. The van der Waals surface area contributed by atoms with E-state index in [1.165, 1.54) is 12.1 Å². The van der Waals surface area contributed by atoms with Gasteiger partial charge in [0.15, 0.2) is 0 Å². The Kier molecular flexibility index (Phi) is 5.68. The van der Waals surface area contributed by atoms with Crippen LogP contribution < -0.4 is 0 Å². The Labute approximate surface area is 129 Å². The smallest absolute Gasteiger partial charge is 0.338 e. The van der Waals surface area contributed by atoms with Crippen molar-refractivity contribution in [3.63, 3.8) is 0 Å². The number of hydrogen-bond acceptors (Lipinski definition) is 5. The minimum atomic E-state index is -3.75. The van der Waals surface area contributed by atoms with Crippen LogP contribution in [-0.2, 0) is 19.0 Å².